The van der Waals surface area contributed by atoms with E-state index in [1.165, 1.54) is 37.9 Å². The van der Waals surface area contributed by atoms with Crippen molar-refractivity contribution < 1.29 is 0 Å². The molecule has 1 aliphatic heterocycles. The van der Waals surface area contributed by atoms with E-state index in [2.05, 4.69) is 41.5 Å². The number of hydrogen-bond donors (Lipinski definition) is 2. The third-order valence-corrected chi connectivity index (χ3v) is 5.15. The molecule has 0 bridgehead atoms. The van der Waals surface area contributed by atoms with Gasteiger partial charge in [0.25, 0.3) is 0 Å². The van der Waals surface area contributed by atoms with Crippen molar-refractivity contribution in [1.82, 2.24) is 10.6 Å². The maximum Gasteiger partial charge on any atom is 0.191 e. The maximum atomic E-state index is 4.75. The van der Waals surface area contributed by atoms with E-state index in [4.69, 9.17) is 4.99 Å². The van der Waals surface area contributed by atoms with Crippen LogP contribution in [0.2, 0.25) is 0 Å². The molecule has 2 rings (SSSR count). The van der Waals surface area contributed by atoms with Crippen molar-refractivity contribution in [3.63, 3.8) is 0 Å². The van der Waals surface area contributed by atoms with Crippen molar-refractivity contribution in [2.45, 2.75) is 44.3 Å². The van der Waals surface area contributed by atoms with E-state index >= 15 is 0 Å². The fraction of sp³-hybridized carbons (Fsp3) is 0.800. The molecular weight excluding hydrogens is 381 g/mol. The first-order chi connectivity index (χ1) is 9.38. The van der Waals surface area contributed by atoms with Gasteiger partial charge in [0, 0.05) is 24.9 Å². The summed E-state index contributed by atoms with van der Waals surface area (Å²) in [6.45, 7) is 5.08. The Hall–Kier alpha value is 0.0900. The molecule has 2 N–H and O–H groups in total. The second-order valence-electron chi connectivity index (χ2n) is 5.39. The summed E-state index contributed by atoms with van der Waals surface area (Å²) in [5.74, 6) is 3.07. The maximum absolute atomic E-state index is 4.75. The van der Waals surface area contributed by atoms with Crippen LogP contribution in [0.5, 0.6) is 0 Å². The minimum absolute atomic E-state index is 0. The molecule has 1 heterocycles. The van der Waals surface area contributed by atoms with E-state index in [1.807, 2.05) is 0 Å². The van der Waals surface area contributed by atoms with Crippen molar-refractivity contribution in [2.75, 3.05) is 25.4 Å². The van der Waals surface area contributed by atoms with Gasteiger partial charge in [-0.15, -0.1) is 24.0 Å². The van der Waals surface area contributed by atoms with Crippen LogP contribution in [0.4, 0.5) is 0 Å². The summed E-state index contributed by atoms with van der Waals surface area (Å²) in [6, 6.07) is 0. The highest BCUT2D eigenvalue weighted by Crippen LogP contribution is 2.25. The topological polar surface area (TPSA) is 36.4 Å². The number of rotatable bonds is 5. The van der Waals surface area contributed by atoms with Crippen molar-refractivity contribution in [1.29, 1.82) is 0 Å². The second kappa shape index (κ2) is 10.8. The molecule has 1 saturated heterocycles. The lowest BCUT2D eigenvalue weighted by Gasteiger charge is -2.18. The van der Waals surface area contributed by atoms with E-state index in [1.54, 1.807) is 0 Å². The standard InChI is InChI=1S/C15H27N3S.HI/c1-2-16-15(18-12-14-9-6-10-19-14)17-11-13-7-4-3-5-8-13;/h3-4,13-14H,2,5-12H2,1H3,(H2,16,17,18);1H. The number of allylic oxidation sites excluding steroid dienone is 2. The lowest BCUT2D eigenvalue weighted by Crippen LogP contribution is -2.40. The molecule has 1 aliphatic carbocycles. The van der Waals surface area contributed by atoms with Gasteiger partial charge < -0.3 is 10.6 Å². The molecule has 0 aromatic heterocycles. The first kappa shape index (κ1) is 18.1. The molecule has 116 valence electrons. The molecule has 2 atom stereocenters. The number of hydrogen-bond acceptors (Lipinski definition) is 2. The number of guanidine groups is 1. The summed E-state index contributed by atoms with van der Waals surface area (Å²) in [5.41, 5.74) is 0. The minimum Gasteiger partial charge on any atom is -0.357 e. The SMILES string of the molecule is CCNC(=NCC1CC=CCC1)NCC1CCCS1.I. The zero-order chi connectivity index (χ0) is 13.3. The van der Waals surface area contributed by atoms with Crippen LogP contribution in [0.15, 0.2) is 17.1 Å². The minimum atomic E-state index is 0. The zero-order valence-electron chi connectivity index (χ0n) is 12.4. The van der Waals surface area contributed by atoms with Crippen LogP contribution in [0.25, 0.3) is 0 Å². The predicted molar refractivity (Wildman–Crippen MR) is 101 cm³/mol. The summed E-state index contributed by atoms with van der Waals surface area (Å²) >= 11 is 2.09. The van der Waals surface area contributed by atoms with Gasteiger partial charge in [-0.25, -0.2) is 0 Å². The second-order valence-corrected chi connectivity index (χ2v) is 6.79. The molecular formula is C15H28IN3S. The quantitative estimate of drug-likeness (QED) is 0.316. The molecule has 0 aromatic carbocycles. The molecule has 3 nitrogen and oxygen atoms in total. The average molecular weight is 409 g/mol. The molecule has 20 heavy (non-hydrogen) atoms. The van der Waals surface area contributed by atoms with Gasteiger partial charge in [-0.2, -0.15) is 11.8 Å². The third kappa shape index (κ3) is 6.70. The summed E-state index contributed by atoms with van der Waals surface area (Å²) in [6.07, 6.45) is 11.0. The fourth-order valence-electron chi connectivity index (χ4n) is 2.60. The fourth-order valence-corrected chi connectivity index (χ4v) is 3.80. The number of halogens is 1. The average Bonchev–Trinajstić information content (AvgIpc) is 2.96. The van der Waals surface area contributed by atoms with Gasteiger partial charge in [0.1, 0.15) is 0 Å². The van der Waals surface area contributed by atoms with Gasteiger partial charge >= 0.3 is 0 Å². The van der Waals surface area contributed by atoms with Crippen LogP contribution in [-0.2, 0) is 0 Å². The number of aliphatic imine (C=N–C) groups is 1. The van der Waals surface area contributed by atoms with Gasteiger partial charge in [-0.05, 0) is 50.7 Å². The third-order valence-electron chi connectivity index (χ3n) is 3.75. The Morgan fingerprint density at radius 3 is 2.85 bits per heavy atom. The van der Waals surface area contributed by atoms with Crippen LogP contribution < -0.4 is 10.6 Å². The summed E-state index contributed by atoms with van der Waals surface area (Å²) < 4.78 is 0. The highest BCUT2D eigenvalue weighted by molar-refractivity contribution is 14.0. The smallest absolute Gasteiger partial charge is 0.191 e. The molecule has 0 spiro atoms. The Kier molecular flexibility index (Phi) is 9.76. The molecule has 0 aromatic rings. The van der Waals surface area contributed by atoms with Crippen molar-refractivity contribution in [2.24, 2.45) is 10.9 Å². The van der Waals surface area contributed by atoms with Crippen LogP contribution >= 0.6 is 35.7 Å². The highest BCUT2D eigenvalue weighted by atomic mass is 127. The van der Waals surface area contributed by atoms with E-state index in [0.717, 1.165) is 36.8 Å². The summed E-state index contributed by atoms with van der Waals surface area (Å²) in [4.78, 5) is 4.75. The first-order valence-corrected chi connectivity index (χ1v) is 8.72. The van der Waals surface area contributed by atoms with Gasteiger partial charge in [0.15, 0.2) is 5.96 Å². The van der Waals surface area contributed by atoms with Crippen LogP contribution in [0, 0.1) is 5.92 Å². The Morgan fingerprint density at radius 2 is 2.20 bits per heavy atom. The number of nitrogens with zero attached hydrogens (tertiary/aromatic N) is 1. The monoisotopic (exact) mass is 409 g/mol. The molecule has 1 fully saturated rings. The Bertz CT molecular complexity index is 314. The van der Waals surface area contributed by atoms with E-state index in [9.17, 15) is 0 Å². The normalized spacial score (nSPS) is 26.1. The molecule has 0 radical (unpaired) electrons. The van der Waals surface area contributed by atoms with Crippen LogP contribution in [0.1, 0.15) is 39.0 Å². The highest BCUT2D eigenvalue weighted by Gasteiger charge is 2.15. The number of thioether (sulfide) groups is 1. The molecule has 0 amide bonds. The summed E-state index contributed by atoms with van der Waals surface area (Å²) in [5, 5.41) is 7.64. The van der Waals surface area contributed by atoms with E-state index in [0.29, 0.717) is 0 Å². The summed E-state index contributed by atoms with van der Waals surface area (Å²) in [7, 11) is 0. The van der Waals surface area contributed by atoms with Crippen molar-refractivity contribution in [3.8, 4) is 0 Å². The Balaban J connectivity index is 0.00000200. The predicted octanol–water partition coefficient (Wildman–Crippen LogP) is 3.41. The van der Waals surface area contributed by atoms with Gasteiger partial charge in [-0.3, -0.25) is 4.99 Å². The first-order valence-electron chi connectivity index (χ1n) is 7.67. The lowest BCUT2D eigenvalue weighted by atomic mass is 9.95. The van der Waals surface area contributed by atoms with E-state index in [-0.39, 0.29) is 24.0 Å². The Labute approximate surface area is 144 Å². The largest absolute Gasteiger partial charge is 0.357 e. The van der Waals surface area contributed by atoms with Gasteiger partial charge in [0.2, 0.25) is 0 Å². The molecule has 2 aliphatic rings. The van der Waals surface area contributed by atoms with Gasteiger partial charge in [0.05, 0.1) is 0 Å². The molecule has 2 unspecified atom stereocenters. The van der Waals surface area contributed by atoms with Crippen molar-refractivity contribution in [3.05, 3.63) is 12.2 Å². The van der Waals surface area contributed by atoms with Crippen LogP contribution in [0.3, 0.4) is 0 Å². The Morgan fingerprint density at radius 1 is 1.30 bits per heavy atom. The zero-order valence-corrected chi connectivity index (χ0v) is 15.6. The molecule has 0 saturated carbocycles. The van der Waals surface area contributed by atoms with Gasteiger partial charge in [-0.1, -0.05) is 12.2 Å². The lowest BCUT2D eigenvalue weighted by molar-refractivity contribution is 0.490. The number of nitrogens with one attached hydrogen (secondary N) is 2. The van der Waals surface area contributed by atoms with Crippen molar-refractivity contribution >= 4 is 41.7 Å². The van der Waals surface area contributed by atoms with E-state index < -0.39 is 0 Å². The molecule has 5 heteroatoms. The van der Waals surface area contributed by atoms with Crippen LogP contribution in [-0.4, -0.2) is 36.6 Å².